The summed E-state index contributed by atoms with van der Waals surface area (Å²) in [6, 6.07) is 15.4. The molecule has 0 saturated heterocycles. The van der Waals surface area contributed by atoms with Crippen molar-refractivity contribution in [3.8, 4) is 0 Å². The number of hydrogen-bond donors (Lipinski definition) is 2. The SMILES string of the molecule is c1cnc(Sc2cc3ccccc3[nH]2)c(CNC2CC2)c1. The molecule has 4 rings (SSSR count). The standard InChI is InChI=1S/C17H17N3S/c1-2-6-15-12(4-1)10-16(20-15)21-17-13(5-3-9-18-17)11-19-14-7-8-14/h1-6,9-10,14,19-20H,7-8,11H2. The van der Waals surface area contributed by atoms with E-state index < -0.39 is 0 Å². The van der Waals surface area contributed by atoms with Gasteiger partial charge in [0.15, 0.2) is 0 Å². The molecule has 2 heterocycles. The van der Waals surface area contributed by atoms with Crippen LogP contribution in [0, 0.1) is 0 Å². The molecule has 2 aromatic heterocycles. The minimum atomic E-state index is 0.719. The minimum absolute atomic E-state index is 0.719. The summed E-state index contributed by atoms with van der Waals surface area (Å²) in [5, 5.41) is 7.03. The van der Waals surface area contributed by atoms with Crippen molar-refractivity contribution in [3.63, 3.8) is 0 Å². The fourth-order valence-electron chi connectivity index (χ4n) is 2.40. The van der Waals surface area contributed by atoms with Crippen molar-refractivity contribution in [2.75, 3.05) is 0 Å². The van der Waals surface area contributed by atoms with Gasteiger partial charge >= 0.3 is 0 Å². The van der Waals surface area contributed by atoms with E-state index in [-0.39, 0.29) is 0 Å². The quantitative estimate of drug-likeness (QED) is 0.748. The number of nitrogens with zero attached hydrogens (tertiary/aromatic N) is 1. The summed E-state index contributed by atoms with van der Waals surface area (Å²) in [5.74, 6) is 0. The number of nitrogens with one attached hydrogen (secondary N) is 2. The Kier molecular flexibility index (Phi) is 3.41. The summed E-state index contributed by atoms with van der Waals surface area (Å²) in [5.41, 5.74) is 2.45. The molecule has 3 nitrogen and oxygen atoms in total. The van der Waals surface area contributed by atoms with E-state index in [4.69, 9.17) is 0 Å². The van der Waals surface area contributed by atoms with E-state index in [1.54, 1.807) is 11.8 Å². The smallest absolute Gasteiger partial charge is 0.107 e. The molecule has 21 heavy (non-hydrogen) atoms. The van der Waals surface area contributed by atoms with Crippen molar-refractivity contribution in [3.05, 3.63) is 54.2 Å². The molecule has 0 unspecified atom stereocenters. The van der Waals surface area contributed by atoms with E-state index in [1.807, 2.05) is 12.3 Å². The number of pyridine rings is 1. The largest absolute Gasteiger partial charge is 0.349 e. The van der Waals surface area contributed by atoms with Crippen molar-refractivity contribution in [1.29, 1.82) is 0 Å². The average Bonchev–Trinajstić information content (AvgIpc) is 3.25. The molecule has 1 saturated carbocycles. The molecule has 0 radical (unpaired) electrons. The van der Waals surface area contributed by atoms with Crippen LogP contribution < -0.4 is 5.32 Å². The van der Waals surface area contributed by atoms with Gasteiger partial charge in [-0.15, -0.1) is 0 Å². The molecule has 3 aromatic rings. The molecule has 1 fully saturated rings. The molecule has 0 bridgehead atoms. The van der Waals surface area contributed by atoms with Gasteiger partial charge in [0, 0.05) is 29.7 Å². The van der Waals surface area contributed by atoms with Crippen molar-refractivity contribution in [2.24, 2.45) is 0 Å². The average molecular weight is 295 g/mol. The highest BCUT2D eigenvalue weighted by atomic mass is 32.2. The third-order valence-corrected chi connectivity index (χ3v) is 4.72. The lowest BCUT2D eigenvalue weighted by Gasteiger charge is -2.07. The summed E-state index contributed by atoms with van der Waals surface area (Å²) in [6.45, 7) is 0.904. The third-order valence-electron chi connectivity index (χ3n) is 3.72. The zero-order valence-electron chi connectivity index (χ0n) is 11.7. The predicted molar refractivity (Wildman–Crippen MR) is 86.5 cm³/mol. The Labute approximate surface area is 128 Å². The van der Waals surface area contributed by atoms with Crippen LogP contribution in [0.3, 0.4) is 0 Å². The second kappa shape index (κ2) is 5.54. The van der Waals surface area contributed by atoms with Gasteiger partial charge in [-0.05, 0) is 36.6 Å². The highest BCUT2D eigenvalue weighted by Gasteiger charge is 2.20. The zero-order valence-corrected chi connectivity index (χ0v) is 12.5. The Hall–Kier alpha value is -1.78. The van der Waals surface area contributed by atoms with E-state index in [9.17, 15) is 0 Å². The van der Waals surface area contributed by atoms with Crippen molar-refractivity contribution >= 4 is 22.7 Å². The molecule has 1 aliphatic carbocycles. The number of para-hydroxylation sites is 1. The normalized spacial score (nSPS) is 14.7. The summed E-state index contributed by atoms with van der Waals surface area (Å²) in [4.78, 5) is 8.00. The monoisotopic (exact) mass is 295 g/mol. The lowest BCUT2D eigenvalue weighted by Crippen LogP contribution is -2.16. The first-order valence-electron chi connectivity index (χ1n) is 7.31. The Balaban J connectivity index is 1.57. The number of fused-ring (bicyclic) bond motifs is 1. The van der Waals surface area contributed by atoms with Gasteiger partial charge in [0.2, 0.25) is 0 Å². The summed E-state index contributed by atoms with van der Waals surface area (Å²) in [7, 11) is 0. The predicted octanol–water partition coefficient (Wildman–Crippen LogP) is 3.97. The fourth-order valence-corrected chi connectivity index (χ4v) is 3.34. The highest BCUT2D eigenvalue weighted by molar-refractivity contribution is 7.99. The Morgan fingerprint density at radius 1 is 1.19 bits per heavy atom. The van der Waals surface area contributed by atoms with E-state index in [0.29, 0.717) is 0 Å². The maximum absolute atomic E-state index is 4.55. The molecule has 0 spiro atoms. The lowest BCUT2D eigenvalue weighted by molar-refractivity contribution is 0.675. The highest BCUT2D eigenvalue weighted by Crippen LogP contribution is 2.31. The van der Waals surface area contributed by atoms with Crippen LogP contribution in [-0.2, 0) is 6.54 Å². The van der Waals surface area contributed by atoms with Crippen LogP contribution in [-0.4, -0.2) is 16.0 Å². The van der Waals surface area contributed by atoms with Crippen molar-refractivity contribution in [1.82, 2.24) is 15.3 Å². The molecule has 1 aliphatic rings. The first-order chi connectivity index (χ1) is 10.4. The number of H-pyrrole nitrogens is 1. The van der Waals surface area contributed by atoms with Crippen LogP contribution in [0.2, 0.25) is 0 Å². The van der Waals surface area contributed by atoms with Gasteiger partial charge in [-0.3, -0.25) is 0 Å². The Bertz CT molecular complexity index is 728. The van der Waals surface area contributed by atoms with Gasteiger partial charge in [0.25, 0.3) is 0 Å². The number of rotatable bonds is 5. The molecule has 0 amide bonds. The van der Waals surface area contributed by atoms with Gasteiger partial charge in [-0.2, -0.15) is 0 Å². The van der Waals surface area contributed by atoms with Crippen LogP contribution in [0.5, 0.6) is 0 Å². The van der Waals surface area contributed by atoms with E-state index in [1.165, 1.54) is 29.3 Å². The molecule has 0 aliphatic heterocycles. The van der Waals surface area contributed by atoms with Crippen LogP contribution in [0.25, 0.3) is 10.9 Å². The van der Waals surface area contributed by atoms with Gasteiger partial charge in [0.05, 0.1) is 5.03 Å². The van der Waals surface area contributed by atoms with E-state index >= 15 is 0 Å². The van der Waals surface area contributed by atoms with Crippen LogP contribution in [0.1, 0.15) is 18.4 Å². The second-order valence-electron chi connectivity index (χ2n) is 5.45. The van der Waals surface area contributed by atoms with Crippen LogP contribution in [0.4, 0.5) is 0 Å². The molecule has 4 heteroatoms. The van der Waals surface area contributed by atoms with E-state index in [2.05, 4.69) is 51.7 Å². The van der Waals surface area contributed by atoms with Crippen molar-refractivity contribution in [2.45, 2.75) is 35.5 Å². The number of benzene rings is 1. The summed E-state index contributed by atoms with van der Waals surface area (Å²) in [6.07, 6.45) is 4.49. The van der Waals surface area contributed by atoms with Gasteiger partial charge < -0.3 is 10.3 Å². The first-order valence-corrected chi connectivity index (χ1v) is 8.13. The molecular weight excluding hydrogens is 278 g/mol. The van der Waals surface area contributed by atoms with Crippen LogP contribution >= 0.6 is 11.8 Å². The Morgan fingerprint density at radius 2 is 2.10 bits per heavy atom. The summed E-state index contributed by atoms with van der Waals surface area (Å²) >= 11 is 1.71. The van der Waals surface area contributed by atoms with Gasteiger partial charge in [0.1, 0.15) is 5.03 Å². The minimum Gasteiger partial charge on any atom is -0.349 e. The molecule has 106 valence electrons. The van der Waals surface area contributed by atoms with E-state index in [0.717, 1.165) is 22.6 Å². The van der Waals surface area contributed by atoms with Crippen molar-refractivity contribution < 1.29 is 0 Å². The molecule has 1 aromatic carbocycles. The number of hydrogen-bond acceptors (Lipinski definition) is 3. The number of aromatic amines is 1. The van der Waals surface area contributed by atoms with Gasteiger partial charge in [-0.25, -0.2) is 4.98 Å². The summed E-state index contributed by atoms with van der Waals surface area (Å²) < 4.78 is 0. The zero-order chi connectivity index (χ0) is 14.1. The lowest BCUT2D eigenvalue weighted by atomic mass is 10.3. The molecule has 2 N–H and O–H groups in total. The Morgan fingerprint density at radius 3 is 2.95 bits per heavy atom. The first kappa shape index (κ1) is 12.9. The van der Waals surface area contributed by atoms with Gasteiger partial charge in [-0.1, -0.05) is 36.0 Å². The molecule has 0 atom stereocenters. The maximum Gasteiger partial charge on any atom is 0.107 e. The third kappa shape index (κ3) is 2.96. The topological polar surface area (TPSA) is 40.7 Å². The second-order valence-corrected chi connectivity index (χ2v) is 6.48. The molecular formula is C17H17N3S. The van der Waals surface area contributed by atoms with Crippen LogP contribution in [0.15, 0.2) is 58.7 Å². The fraction of sp³-hybridized carbons (Fsp3) is 0.235. The number of aromatic nitrogens is 2. The maximum atomic E-state index is 4.55.